The summed E-state index contributed by atoms with van der Waals surface area (Å²) >= 11 is 0. The minimum absolute atomic E-state index is 0.0766. The number of para-hydroxylation sites is 1. The van der Waals surface area contributed by atoms with Gasteiger partial charge >= 0.3 is 17.7 Å². The molecule has 1 aliphatic rings. The highest BCUT2D eigenvalue weighted by molar-refractivity contribution is 6.14. The molecule has 0 unspecified atom stereocenters. The second-order valence-corrected chi connectivity index (χ2v) is 6.08. The van der Waals surface area contributed by atoms with Crippen molar-refractivity contribution in [2.75, 3.05) is 13.7 Å². The zero-order valence-electron chi connectivity index (χ0n) is 16.1. The summed E-state index contributed by atoms with van der Waals surface area (Å²) < 4.78 is 15.1. The van der Waals surface area contributed by atoms with Crippen LogP contribution in [-0.4, -0.2) is 41.4 Å². The molecule has 1 aromatic carbocycles. The van der Waals surface area contributed by atoms with Crippen LogP contribution in [0.15, 0.2) is 40.4 Å². The third kappa shape index (κ3) is 4.38. The Balaban J connectivity index is 1.87. The van der Waals surface area contributed by atoms with Crippen molar-refractivity contribution in [1.82, 2.24) is 10.2 Å². The molecule has 1 aromatic heterocycles. The lowest BCUT2D eigenvalue weighted by Crippen LogP contribution is -2.30. The van der Waals surface area contributed by atoms with Crippen molar-refractivity contribution in [3.63, 3.8) is 0 Å². The Morgan fingerprint density at radius 1 is 1.35 bits per heavy atom. The summed E-state index contributed by atoms with van der Waals surface area (Å²) in [6.07, 6.45) is 6.41. The van der Waals surface area contributed by atoms with Gasteiger partial charge in [0, 0.05) is 11.6 Å². The number of carbonyl (C=O) groups is 3. The SMILES string of the molecule is C#CCOc1c(/C=C2\NC(=O)N(Cc3ccc(C(=O)OC)o3)C2=O)cccc1[N+](=O)[O-]. The molecule has 11 heteroatoms. The first-order chi connectivity index (χ1) is 14.8. The molecule has 0 radical (unpaired) electrons. The van der Waals surface area contributed by atoms with E-state index in [-0.39, 0.29) is 47.4 Å². The van der Waals surface area contributed by atoms with Crippen LogP contribution in [0.4, 0.5) is 10.5 Å². The number of hydrogen-bond acceptors (Lipinski definition) is 8. The van der Waals surface area contributed by atoms with E-state index in [4.69, 9.17) is 15.6 Å². The standard InChI is InChI=1S/C20H15N3O8/c1-3-9-30-17-12(5-4-6-15(17)23(27)28)10-14-18(24)22(20(26)21-14)11-13-7-8-16(31-13)19(25)29-2/h1,4-8,10H,9,11H2,2H3,(H,21,26)/b14-10-. The molecule has 3 amide bonds. The first-order valence-corrected chi connectivity index (χ1v) is 8.71. The van der Waals surface area contributed by atoms with Gasteiger partial charge in [-0.25, -0.2) is 9.59 Å². The van der Waals surface area contributed by atoms with Gasteiger partial charge in [-0.15, -0.1) is 6.42 Å². The Morgan fingerprint density at radius 2 is 2.13 bits per heavy atom. The van der Waals surface area contributed by atoms with Gasteiger partial charge in [0.2, 0.25) is 11.5 Å². The average molecular weight is 425 g/mol. The number of methoxy groups -OCH3 is 1. The summed E-state index contributed by atoms with van der Waals surface area (Å²) in [4.78, 5) is 47.9. The topological polar surface area (TPSA) is 141 Å². The van der Waals surface area contributed by atoms with Crippen molar-refractivity contribution < 1.29 is 33.2 Å². The Labute approximate surface area is 175 Å². The summed E-state index contributed by atoms with van der Waals surface area (Å²) in [6, 6.07) is 6.16. The van der Waals surface area contributed by atoms with Crippen molar-refractivity contribution in [3.05, 3.63) is 63.2 Å². The van der Waals surface area contributed by atoms with Crippen LogP contribution in [0.5, 0.6) is 5.75 Å². The van der Waals surface area contributed by atoms with Gasteiger partial charge in [0.15, 0.2) is 0 Å². The molecule has 158 valence electrons. The van der Waals surface area contributed by atoms with Gasteiger partial charge in [0.25, 0.3) is 5.91 Å². The van der Waals surface area contributed by atoms with Crippen LogP contribution in [0.2, 0.25) is 0 Å². The summed E-state index contributed by atoms with van der Waals surface area (Å²) in [5, 5.41) is 13.7. The zero-order valence-corrected chi connectivity index (χ0v) is 16.1. The number of urea groups is 1. The minimum atomic E-state index is -0.733. The number of furan rings is 1. The highest BCUT2D eigenvalue weighted by atomic mass is 16.6. The van der Waals surface area contributed by atoms with Crippen LogP contribution in [0, 0.1) is 22.5 Å². The Kier molecular flexibility index (Phi) is 6.02. The van der Waals surface area contributed by atoms with E-state index in [1.807, 2.05) is 0 Å². The molecule has 3 rings (SSSR count). The molecule has 1 aliphatic heterocycles. The van der Waals surface area contributed by atoms with Crippen LogP contribution in [0.3, 0.4) is 0 Å². The molecule has 0 saturated carbocycles. The maximum Gasteiger partial charge on any atom is 0.373 e. The average Bonchev–Trinajstić information content (AvgIpc) is 3.32. The number of terminal acetylenes is 1. The first-order valence-electron chi connectivity index (χ1n) is 8.71. The van der Waals surface area contributed by atoms with E-state index in [2.05, 4.69) is 16.0 Å². The van der Waals surface area contributed by atoms with Crippen LogP contribution in [-0.2, 0) is 16.1 Å². The number of nitro benzene ring substituents is 1. The van der Waals surface area contributed by atoms with Crippen LogP contribution >= 0.6 is 0 Å². The lowest BCUT2D eigenvalue weighted by Gasteiger charge is -2.09. The molecule has 1 fully saturated rings. The van der Waals surface area contributed by atoms with Crippen LogP contribution in [0.1, 0.15) is 21.9 Å². The molecule has 2 aromatic rings. The Bertz CT molecular complexity index is 1140. The number of hydrogen-bond donors (Lipinski definition) is 1. The Hall–Kier alpha value is -4.59. The van der Waals surface area contributed by atoms with E-state index in [0.717, 1.165) is 4.90 Å². The summed E-state index contributed by atoms with van der Waals surface area (Å²) in [5.41, 5.74) is -0.291. The van der Waals surface area contributed by atoms with Crippen LogP contribution in [0.25, 0.3) is 6.08 Å². The highest BCUT2D eigenvalue weighted by Gasteiger charge is 2.35. The molecule has 0 bridgehead atoms. The number of ether oxygens (including phenoxy) is 2. The molecule has 0 atom stereocenters. The highest BCUT2D eigenvalue weighted by Crippen LogP contribution is 2.33. The van der Waals surface area contributed by atoms with E-state index in [1.165, 1.54) is 43.5 Å². The minimum Gasteiger partial charge on any atom is -0.473 e. The zero-order chi connectivity index (χ0) is 22.5. The number of nitrogens with one attached hydrogen (secondary N) is 1. The quantitative estimate of drug-likeness (QED) is 0.177. The third-order valence-corrected chi connectivity index (χ3v) is 4.15. The smallest absolute Gasteiger partial charge is 0.373 e. The monoisotopic (exact) mass is 425 g/mol. The maximum atomic E-state index is 12.7. The number of benzene rings is 1. The maximum absolute atomic E-state index is 12.7. The predicted octanol–water partition coefficient (Wildman–Crippen LogP) is 2.08. The normalized spacial score (nSPS) is 14.3. The van der Waals surface area contributed by atoms with E-state index < -0.39 is 22.8 Å². The fourth-order valence-corrected chi connectivity index (χ4v) is 2.77. The fraction of sp³-hybridized carbons (Fsp3) is 0.150. The molecular formula is C20H15N3O8. The van der Waals surface area contributed by atoms with E-state index in [1.54, 1.807) is 0 Å². The fourth-order valence-electron chi connectivity index (χ4n) is 2.77. The number of nitrogens with zero attached hydrogens (tertiary/aromatic N) is 2. The number of amides is 3. The predicted molar refractivity (Wildman–Crippen MR) is 105 cm³/mol. The third-order valence-electron chi connectivity index (χ3n) is 4.15. The number of nitro groups is 1. The number of carbonyl (C=O) groups excluding carboxylic acids is 3. The largest absolute Gasteiger partial charge is 0.473 e. The summed E-state index contributed by atoms with van der Waals surface area (Å²) in [7, 11) is 1.19. The summed E-state index contributed by atoms with van der Waals surface area (Å²) in [6.45, 7) is -0.469. The first kappa shape index (κ1) is 21.1. The molecule has 2 heterocycles. The van der Waals surface area contributed by atoms with Gasteiger partial charge in [-0.2, -0.15) is 0 Å². The molecular weight excluding hydrogens is 410 g/mol. The molecule has 0 spiro atoms. The van der Waals surface area contributed by atoms with E-state index >= 15 is 0 Å². The van der Waals surface area contributed by atoms with Crippen molar-refractivity contribution >= 4 is 29.7 Å². The van der Waals surface area contributed by atoms with Crippen molar-refractivity contribution in [2.24, 2.45) is 0 Å². The molecule has 1 N–H and O–H groups in total. The number of esters is 1. The lowest BCUT2D eigenvalue weighted by atomic mass is 10.1. The number of rotatable bonds is 7. The lowest BCUT2D eigenvalue weighted by molar-refractivity contribution is -0.385. The van der Waals surface area contributed by atoms with Crippen molar-refractivity contribution in [2.45, 2.75) is 6.54 Å². The van der Waals surface area contributed by atoms with E-state index in [0.29, 0.717) is 0 Å². The van der Waals surface area contributed by atoms with Gasteiger partial charge in [0.05, 0.1) is 18.6 Å². The molecule has 31 heavy (non-hydrogen) atoms. The molecule has 1 saturated heterocycles. The van der Waals surface area contributed by atoms with Crippen molar-refractivity contribution in [1.29, 1.82) is 0 Å². The van der Waals surface area contributed by atoms with Gasteiger partial charge < -0.3 is 19.2 Å². The Morgan fingerprint density at radius 3 is 2.81 bits per heavy atom. The van der Waals surface area contributed by atoms with Crippen molar-refractivity contribution in [3.8, 4) is 18.1 Å². The van der Waals surface area contributed by atoms with Gasteiger partial charge in [-0.3, -0.25) is 19.8 Å². The van der Waals surface area contributed by atoms with Gasteiger partial charge in [0.1, 0.15) is 18.1 Å². The summed E-state index contributed by atoms with van der Waals surface area (Å²) in [5.74, 6) is 0.786. The molecule has 0 aliphatic carbocycles. The van der Waals surface area contributed by atoms with Crippen LogP contribution < -0.4 is 10.1 Å². The van der Waals surface area contributed by atoms with E-state index in [9.17, 15) is 24.5 Å². The van der Waals surface area contributed by atoms with Gasteiger partial charge in [-0.05, 0) is 18.2 Å². The van der Waals surface area contributed by atoms with Gasteiger partial charge in [-0.1, -0.05) is 18.1 Å². The second-order valence-electron chi connectivity index (χ2n) is 6.08. The molecule has 11 nitrogen and oxygen atoms in total. The second kappa shape index (κ2) is 8.83. The number of imide groups is 1.